The smallest absolute Gasteiger partial charge is 0.141 e. The van der Waals surface area contributed by atoms with Gasteiger partial charge in [-0.05, 0) is 55.6 Å². The van der Waals surface area contributed by atoms with Crippen molar-refractivity contribution in [1.29, 1.82) is 0 Å². The van der Waals surface area contributed by atoms with E-state index < -0.39 is 6.04 Å². The molecular formula is C15H14Br2ClNO2. The Morgan fingerprint density at radius 2 is 1.76 bits per heavy atom. The topological polar surface area (TPSA) is 44.5 Å². The van der Waals surface area contributed by atoms with Gasteiger partial charge in [0.05, 0.1) is 25.3 Å². The van der Waals surface area contributed by atoms with Crippen LogP contribution in [-0.2, 0) is 0 Å². The number of hydrogen-bond donors (Lipinski definition) is 1. The minimum absolute atomic E-state index is 0.410. The number of rotatable bonds is 4. The molecule has 0 saturated carbocycles. The van der Waals surface area contributed by atoms with Crippen LogP contribution in [0.25, 0.3) is 0 Å². The summed E-state index contributed by atoms with van der Waals surface area (Å²) in [5.74, 6) is 1.32. The zero-order valence-corrected chi connectivity index (χ0v) is 15.4. The van der Waals surface area contributed by atoms with E-state index in [1.54, 1.807) is 14.2 Å². The number of ether oxygens (including phenoxy) is 2. The highest BCUT2D eigenvalue weighted by molar-refractivity contribution is 9.11. The molecule has 1 atom stereocenters. The van der Waals surface area contributed by atoms with Gasteiger partial charge in [0.15, 0.2) is 0 Å². The zero-order chi connectivity index (χ0) is 15.6. The summed E-state index contributed by atoms with van der Waals surface area (Å²) in [6.07, 6.45) is 0. The van der Waals surface area contributed by atoms with Gasteiger partial charge in [-0.1, -0.05) is 23.7 Å². The highest BCUT2D eigenvalue weighted by Crippen LogP contribution is 2.42. The van der Waals surface area contributed by atoms with Crippen molar-refractivity contribution >= 4 is 43.5 Å². The van der Waals surface area contributed by atoms with Gasteiger partial charge in [0.2, 0.25) is 0 Å². The minimum atomic E-state index is -0.410. The van der Waals surface area contributed by atoms with Gasteiger partial charge in [0.25, 0.3) is 0 Å². The lowest BCUT2D eigenvalue weighted by molar-refractivity contribution is 0.385. The van der Waals surface area contributed by atoms with Crippen molar-refractivity contribution in [2.45, 2.75) is 6.04 Å². The first kappa shape index (κ1) is 16.6. The first-order valence-electron chi connectivity index (χ1n) is 6.11. The van der Waals surface area contributed by atoms with Crippen molar-refractivity contribution in [3.8, 4) is 11.5 Å². The van der Waals surface area contributed by atoms with Crippen LogP contribution in [0.2, 0.25) is 5.02 Å². The minimum Gasteiger partial charge on any atom is -0.495 e. The van der Waals surface area contributed by atoms with E-state index in [-0.39, 0.29) is 0 Å². The maximum absolute atomic E-state index is 6.38. The lowest BCUT2D eigenvalue weighted by atomic mass is 9.98. The summed E-state index contributed by atoms with van der Waals surface area (Å²) in [5.41, 5.74) is 8.02. The van der Waals surface area contributed by atoms with Gasteiger partial charge < -0.3 is 15.2 Å². The van der Waals surface area contributed by atoms with Crippen LogP contribution in [0, 0.1) is 0 Å². The van der Waals surface area contributed by atoms with E-state index >= 15 is 0 Å². The molecule has 6 heteroatoms. The molecule has 0 bridgehead atoms. The molecule has 2 aromatic carbocycles. The van der Waals surface area contributed by atoms with Crippen LogP contribution in [0.3, 0.4) is 0 Å². The van der Waals surface area contributed by atoms with E-state index in [9.17, 15) is 0 Å². The molecule has 0 saturated heterocycles. The van der Waals surface area contributed by atoms with Gasteiger partial charge >= 0.3 is 0 Å². The maximum Gasteiger partial charge on any atom is 0.141 e. The molecule has 112 valence electrons. The first-order chi connectivity index (χ1) is 10.0. The average molecular weight is 436 g/mol. The molecule has 3 nitrogen and oxygen atoms in total. The molecule has 0 aliphatic rings. The zero-order valence-electron chi connectivity index (χ0n) is 11.5. The molecule has 0 aromatic heterocycles. The van der Waals surface area contributed by atoms with Gasteiger partial charge in [0, 0.05) is 10.0 Å². The van der Waals surface area contributed by atoms with Crippen LogP contribution in [0.1, 0.15) is 17.2 Å². The highest BCUT2D eigenvalue weighted by Gasteiger charge is 2.21. The van der Waals surface area contributed by atoms with Crippen LogP contribution >= 0.6 is 43.5 Å². The molecule has 2 aromatic rings. The molecule has 0 fully saturated rings. The molecule has 0 aliphatic carbocycles. The summed E-state index contributed by atoms with van der Waals surface area (Å²) in [6.45, 7) is 0. The second kappa shape index (κ2) is 7.01. The maximum atomic E-state index is 6.38. The molecule has 2 rings (SSSR count). The van der Waals surface area contributed by atoms with E-state index in [1.807, 2.05) is 30.3 Å². The van der Waals surface area contributed by atoms with Crippen LogP contribution in [0.4, 0.5) is 0 Å². The van der Waals surface area contributed by atoms with Gasteiger partial charge in [0.1, 0.15) is 16.0 Å². The normalized spacial score (nSPS) is 12.1. The number of benzene rings is 2. The van der Waals surface area contributed by atoms with E-state index in [0.717, 1.165) is 20.1 Å². The van der Waals surface area contributed by atoms with E-state index in [1.165, 1.54) is 0 Å². The second-order valence-electron chi connectivity index (χ2n) is 4.32. The molecule has 0 heterocycles. The largest absolute Gasteiger partial charge is 0.495 e. The molecular weight excluding hydrogens is 421 g/mol. The van der Waals surface area contributed by atoms with Crippen LogP contribution in [-0.4, -0.2) is 14.2 Å². The third kappa shape index (κ3) is 3.21. The number of nitrogens with two attached hydrogens (primary N) is 1. The summed E-state index contributed by atoms with van der Waals surface area (Å²) in [4.78, 5) is 0. The number of methoxy groups -OCH3 is 2. The monoisotopic (exact) mass is 433 g/mol. The average Bonchev–Trinajstić information content (AvgIpc) is 2.49. The Bertz CT molecular complexity index is 664. The van der Waals surface area contributed by atoms with Crippen molar-refractivity contribution in [2.75, 3.05) is 14.2 Å². The fraction of sp³-hybridized carbons (Fsp3) is 0.200. The fourth-order valence-corrected chi connectivity index (χ4v) is 3.40. The summed E-state index contributed by atoms with van der Waals surface area (Å²) in [7, 11) is 3.20. The summed E-state index contributed by atoms with van der Waals surface area (Å²) in [5, 5.41) is 0.596. The van der Waals surface area contributed by atoms with Crippen molar-refractivity contribution in [3.05, 3.63) is 55.4 Å². The molecule has 0 amide bonds. The quantitative estimate of drug-likeness (QED) is 0.741. The van der Waals surface area contributed by atoms with Crippen LogP contribution < -0.4 is 15.2 Å². The number of halogens is 3. The molecule has 0 radical (unpaired) electrons. The van der Waals surface area contributed by atoms with E-state index in [2.05, 4.69) is 31.9 Å². The van der Waals surface area contributed by atoms with Crippen LogP contribution in [0.5, 0.6) is 11.5 Å². The third-order valence-electron chi connectivity index (χ3n) is 3.17. The Hall–Kier alpha value is -0.750. The lowest BCUT2D eigenvalue weighted by Gasteiger charge is -2.20. The van der Waals surface area contributed by atoms with Crippen molar-refractivity contribution in [1.82, 2.24) is 0 Å². The summed E-state index contributed by atoms with van der Waals surface area (Å²) in [6, 6.07) is 8.98. The molecule has 0 spiro atoms. The van der Waals surface area contributed by atoms with Gasteiger partial charge in [-0.15, -0.1) is 0 Å². The summed E-state index contributed by atoms with van der Waals surface area (Å²) >= 11 is 13.2. The van der Waals surface area contributed by atoms with Gasteiger partial charge in [-0.3, -0.25) is 0 Å². The SMILES string of the molecule is COc1ccc(C(N)c2cccc(Br)c2Cl)c(OC)c1Br. The predicted octanol–water partition coefficient (Wildman–Crippen LogP) is 4.93. The third-order valence-corrected chi connectivity index (χ3v) is 5.23. The van der Waals surface area contributed by atoms with Crippen molar-refractivity contribution in [3.63, 3.8) is 0 Å². The predicted molar refractivity (Wildman–Crippen MR) is 92.4 cm³/mol. The molecule has 2 N–H and O–H groups in total. The first-order valence-corrected chi connectivity index (χ1v) is 8.07. The number of hydrogen-bond acceptors (Lipinski definition) is 3. The fourth-order valence-electron chi connectivity index (χ4n) is 2.09. The van der Waals surface area contributed by atoms with Gasteiger partial charge in [-0.2, -0.15) is 0 Å². The lowest BCUT2D eigenvalue weighted by Crippen LogP contribution is -2.14. The van der Waals surface area contributed by atoms with E-state index in [0.29, 0.717) is 16.5 Å². The van der Waals surface area contributed by atoms with Crippen molar-refractivity contribution in [2.24, 2.45) is 5.73 Å². The standard InChI is InChI=1S/C15H14Br2ClNO2/c1-20-11-7-6-9(15(21-2)12(11)17)14(19)8-4-3-5-10(16)13(8)18/h3-7,14H,19H2,1-2H3. The Labute approximate surface area is 145 Å². The Morgan fingerprint density at radius 3 is 2.38 bits per heavy atom. The second-order valence-corrected chi connectivity index (χ2v) is 6.35. The Balaban J connectivity index is 2.56. The summed E-state index contributed by atoms with van der Waals surface area (Å²) < 4.78 is 12.3. The van der Waals surface area contributed by atoms with Crippen molar-refractivity contribution < 1.29 is 9.47 Å². The van der Waals surface area contributed by atoms with Crippen LogP contribution in [0.15, 0.2) is 39.3 Å². The highest BCUT2D eigenvalue weighted by atomic mass is 79.9. The molecule has 1 unspecified atom stereocenters. The van der Waals surface area contributed by atoms with Gasteiger partial charge in [-0.25, -0.2) is 0 Å². The van der Waals surface area contributed by atoms with E-state index in [4.69, 9.17) is 26.8 Å². The Kier molecular flexibility index (Phi) is 5.54. The molecule has 21 heavy (non-hydrogen) atoms. The molecule has 0 aliphatic heterocycles. The Morgan fingerprint density at radius 1 is 1.05 bits per heavy atom.